The minimum absolute atomic E-state index is 0.477. The van der Waals surface area contributed by atoms with Crippen LogP contribution in [0.5, 0.6) is 0 Å². The van der Waals surface area contributed by atoms with Gasteiger partial charge in [0.1, 0.15) is 0 Å². The fraction of sp³-hybridized carbons (Fsp3) is 1.00. The van der Waals surface area contributed by atoms with Crippen molar-refractivity contribution in [2.24, 2.45) is 0 Å². The van der Waals surface area contributed by atoms with Gasteiger partial charge < -0.3 is 0 Å². The maximum atomic E-state index is 12.0. The average molecular weight is 550 g/mol. The van der Waals surface area contributed by atoms with Crippen LogP contribution >= 0.6 is 65.7 Å². The second-order valence-electron chi connectivity index (χ2n) is 1.75. The fourth-order valence-corrected chi connectivity index (χ4v) is 0.431. The molecule has 0 unspecified atom stereocenters. The minimum atomic E-state index is -5.67. The summed E-state index contributed by atoms with van der Waals surface area (Å²) in [5.74, 6) is -10.4. The molecule has 0 atom stereocenters. The van der Waals surface area contributed by atoms with Crippen molar-refractivity contribution in [3.8, 4) is 0 Å². The molecule has 12 heavy (non-hydrogen) atoms. The number of hydrogen-bond donors (Lipinski definition) is 0. The molecule has 0 aliphatic carbocycles. The van der Waals surface area contributed by atoms with E-state index in [4.69, 9.17) is 0 Å². The molecule has 0 radical (unpaired) electrons. The summed E-state index contributed by atoms with van der Waals surface area (Å²) >= 11 is 1.43. The molecule has 0 saturated carbocycles. The Kier molecular flexibility index (Phi) is 3.97. The first-order valence-electron chi connectivity index (χ1n) is 2.09. The van der Waals surface area contributed by atoms with Crippen LogP contribution in [0, 0.1) is 0 Å². The number of halogens is 9. The zero-order valence-corrected chi connectivity index (χ0v) is 12.2. The Bertz CT molecular complexity index is 166. The quantitative estimate of drug-likeness (QED) is 0.209. The van der Waals surface area contributed by atoms with Gasteiger partial charge in [-0.1, -0.05) is 0 Å². The van der Waals surface area contributed by atoms with Gasteiger partial charge in [-0.15, -0.1) is 0 Å². The van der Waals surface area contributed by atoms with E-state index in [-0.39, 0.29) is 0 Å². The van der Waals surface area contributed by atoms with Crippen molar-refractivity contribution in [3.05, 3.63) is 0 Å². The molecule has 0 N–H and O–H groups in total. The Morgan fingerprint density at radius 2 is 0.833 bits per heavy atom. The van der Waals surface area contributed by atoms with Gasteiger partial charge in [-0.3, -0.25) is 0 Å². The summed E-state index contributed by atoms with van der Waals surface area (Å²) in [5.41, 5.74) is 0. The van der Waals surface area contributed by atoms with Gasteiger partial charge in [0.05, 0.1) is 0 Å². The molecular weight excluding hydrogens is 550 g/mol. The molecule has 0 heterocycles. The van der Waals surface area contributed by atoms with Gasteiger partial charge in [0.15, 0.2) is 0 Å². The predicted molar refractivity (Wildman–Crippen MR) is 61.1 cm³/mol. The standard InChI is InChI=1S/C2F6I3P/c3-1(4,5)12(9,10,11)2(6,7)8. The number of rotatable bonds is 0. The van der Waals surface area contributed by atoms with Crippen LogP contribution in [-0.4, -0.2) is 11.8 Å². The van der Waals surface area contributed by atoms with Crippen LogP contribution < -0.4 is 0 Å². The first-order valence-corrected chi connectivity index (χ1v) is 12.7. The molecule has 0 bridgehead atoms. The van der Waals surface area contributed by atoms with Crippen LogP contribution in [0.1, 0.15) is 0 Å². The van der Waals surface area contributed by atoms with Gasteiger partial charge in [0.25, 0.3) is 0 Å². The zero-order chi connectivity index (χ0) is 10.4. The molecule has 0 fully saturated rings. The maximum absolute atomic E-state index is 12.0. The Labute approximate surface area is 103 Å². The number of alkyl halides is 6. The van der Waals surface area contributed by atoms with Crippen molar-refractivity contribution >= 4 is 65.7 Å². The summed E-state index contributed by atoms with van der Waals surface area (Å²) in [4.78, 5) is 0. The molecule has 0 rings (SSSR count). The van der Waals surface area contributed by atoms with E-state index in [0.717, 1.165) is 0 Å². The Balaban J connectivity index is 5.29. The zero-order valence-electron chi connectivity index (χ0n) is 4.85. The van der Waals surface area contributed by atoms with E-state index in [0.29, 0.717) is 66.1 Å². The molecule has 0 spiro atoms. The molecule has 0 saturated heterocycles. The van der Waals surface area contributed by atoms with Gasteiger partial charge in [-0.05, 0) is 0 Å². The predicted octanol–water partition coefficient (Wildman–Crippen LogP) is 5.63. The van der Waals surface area contributed by atoms with Crippen LogP contribution in [0.4, 0.5) is 26.3 Å². The molecule has 0 amide bonds. The third-order valence-electron chi connectivity index (χ3n) is 0.829. The van der Waals surface area contributed by atoms with E-state index in [9.17, 15) is 26.3 Å². The molecule has 0 nitrogen and oxygen atoms in total. The van der Waals surface area contributed by atoms with Crippen LogP contribution in [-0.2, 0) is 0 Å². The van der Waals surface area contributed by atoms with Crippen molar-refractivity contribution < 1.29 is 26.3 Å². The van der Waals surface area contributed by atoms with Gasteiger partial charge in [0.2, 0.25) is 0 Å². The van der Waals surface area contributed by atoms with E-state index in [1.54, 1.807) is 0 Å². The fourth-order valence-electron chi connectivity index (χ4n) is 0.144. The SMILES string of the molecule is FC(F)(F)P(I)(I)(I)C(F)(F)F. The van der Waals surface area contributed by atoms with Crippen LogP contribution in [0.2, 0.25) is 0 Å². The first-order chi connectivity index (χ1) is 4.79. The van der Waals surface area contributed by atoms with Crippen molar-refractivity contribution in [1.82, 2.24) is 0 Å². The summed E-state index contributed by atoms with van der Waals surface area (Å²) in [6.45, 7) is 0. The molecule has 0 aromatic heterocycles. The van der Waals surface area contributed by atoms with E-state index in [1.165, 1.54) is 0 Å². The summed E-state index contributed by atoms with van der Waals surface area (Å²) in [5, 5.41) is 0. The third kappa shape index (κ3) is 2.23. The van der Waals surface area contributed by atoms with Crippen molar-refractivity contribution in [2.75, 3.05) is 0 Å². The molecule has 0 aromatic rings. The molecule has 76 valence electrons. The summed E-state index contributed by atoms with van der Waals surface area (Å²) in [7, 11) is 0. The van der Waals surface area contributed by atoms with Crippen LogP contribution in [0.15, 0.2) is 0 Å². The molecule has 0 aliphatic heterocycles. The van der Waals surface area contributed by atoms with Crippen molar-refractivity contribution in [3.63, 3.8) is 0 Å². The van der Waals surface area contributed by atoms with Gasteiger partial charge in [0, 0.05) is 0 Å². The van der Waals surface area contributed by atoms with Crippen molar-refractivity contribution in [2.45, 2.75) is 11.8 Å². The molecule has 0 aliphatic rings. The van der Waals surface area contributed by atoms with E-state index < -0.39 is 11.4 Å². The summed E-state index contributed by atoms with van der Waals surface area (Å²) in [6, 6.07) is 0. The van der Waals surface area contributed by atoms with E-state index in [1.807, 2.05) is 0 Å². The monoisotopic (exact) mass is 550 g/mol. The topological polar surface area (TPSA) is 0 Å². The van der Waals surface area contributed by atoms with Crippen LogP contribution in [0.3, 0.4) is 0 Å². The molecule has 0 aromatic carbocycles. The van der Waals surface area contributed by atoms with Gasteiger partial charge in [-0.25, -0.2) is 0 Å². The summed E-state index contributed by atoms with van der Waals surface area (Å²) < 4.78 is 66.5. The second kappa shape index (κ2) is 3.35. The first kappa shape index (κ1) is 14.2. The second-order valence-corrected chi connectivity index (χ2v) is 38.4. The normalized spacial score (nSPS) is 18.6. The molecular formula is C2F6I3P. The molecule has 10 heteroatoms. The Morgan fingerprint density at radius 3 is 0.833 bits per heavy atom. The third-order valence-corrected chi connectivity index (χ3v) is 12.3. The Morgan fingerprint density at radius 1 is 0.667 bits per heavy atom. The van der Waals surface area contributed by atoms with Gasteiger partial charge in [-0.2, -0.15) is 0 Å². The van der Waals surface area contributed by atoms with Crippen molar-refractivity contribution in [1.29, 1.82) is 0 Å². The Hall–Kier alpha value is 2.20. The number of hydrogen-bond acceptors (Lipinski definition) is 0. The van der Waals surface area contributed by atoms with E-state index in [2.05, 4.69) is 0 Å². The average Bonchev–Trinajstić information content (AvgIpc) is 1.55. The van der Waals surface area contributed by atoms with Crippen LogP contribution in [0.25, 0.3) is 0 Å². The van der Waals surface area contributed by atoms with Gasteiger partial charge >= 0.3 is 104 Å². The summed E-state index contributed by atoms with van der Waals surface area (Å²) in [6.07, 6.45) is 0. The van der Waals surface area contributed by atoms with E-state index >= 15 is 0 Å².